The number of carboxylic acid groups (broad SMARTS) is 1. The fourth-order valence-corrected chi connectivity index (χ4v) is 0.818. The van der Waals surface area contributed by atoms with Crippen molar-refractivity contribution in [1.82, 2.24) is 0 Å². The minimum atomic E-state index is -1.08. The predicted molar refractivity (Wildman–Crippen MR) is 51.2 cm³/mol. The molecule has 16 heavy (non-hydrogen) atoms. The molecule has 7 heteroatoms. The van der Waals surface area contributed by atoms with Crippen LogP contribution in [0.3, 0.4) is 0 Å². The maximum absolute atomic E-state index is 10.9. The highest BCUT2D eigenvalue weighted by Crippen LogP contribution is 2.01. The summed E-state index contributed by atoms with van der Waals surface area (Å²) in [6.07, 6.45) is -0.222. The van der Waals surface area contributed by atoms with Gasteiger partial charge in [0.25, 0.3) is 0 Å². The van der Waals surface area contributed by atoms with Gasteiger partial charge >= 0.3 is 11.9 Å². The number of carboxylic acids is 1. The molecule has 0 amide bonds. The van der Waals surface area contributed by atoms with Gasteiger partial charge in [-0.1, -0.05) is 0 Å². The first-order valence-electron chi connectivity index (χ1n) is 4.89. The van der Waals surface area contributed by atoms with E-state index in [1.54, 1.807) is 0 Å². The quantitative estimate of drug-likeness (QED) is 0.280. The van der Waals surface area contributed by atoms with Crippen molar-refractivity contribution in [3.8, 4) is 0 Å². The topological polar surface area (TPSA) is 113 Å². The van der Waals surface area contributed by atoms with E-state index in [0.717, 1.165) is 0 Å². The predicted octanol–water partition coefficient (Wildman–Crippen LogP) is -0.541. The average molecular weight is 236 g/mol. The summed E-state index contributed by atoms with van der Waals surface area (Å²) in [7, 11) is 0. The number of hydrogen-bond acceptors (Lipinski definition) is 6. The number of hydrogen-bond donors (Lipinski definition) is 3. The van der Waals surface area contributed by atoms with Crippen LogP contribution in [0.15, 0.2) is 0 Å². The lowest BCUT2D eigenvalue weighted by Crippen LogP contribution is -2.20. The van der Waals surface area contributed by atoms with E-state index in [2.05, 4.69) is 9.78 Å². The van der Waals surface area contributed by atoms with E-state index in [1.165, 1.54) is 0 Å². The molecule has 0 aromatic rings. The van der Waals surface area contributed by atoms with Gasteiger partial charge in [-0.15, -0.1) is 0 Å². The molecule has 0 fully saturated rings. The second kappa shape index (κ2) is 9.08. The van der Waals surface area contributed by atoms with Crippen LogP contribution in [0, 0.1) is 0 Å². The SMILES string of the molecule is O=C(O)CCCCC(=O)OOCC(O)CO. The molecule has 0 saturated heterocycles. The lowest BCUT2D eigenvalue weighted by Gasteiger charge is -2.06. The highest BCUT2D eigenvalue weighted by atomic mass is 17.2. The molecule has 0 spiro atoms. The molecule has 7 nitrogen and oxygen atoms in total. The van der Waals surface area contributed by atoms with Crippen LogP contribution < -0.4 is 0 Å². The number of aliphatic hydroxyl groups is 2. The third-order valence-corrected chi connectivity index (χ3v) is 1.64. The molecular weight excluding hydrogens is 220 g/mol. The van der Waals surface area contributed by atoms with Crippen LogP contribution in [0.2, 0.25) is 0 Å². The van der Waals surface area contributed by atoms with E-state index in [9.17, 15) is 9.59 Å². The largest absolute Gasteiger partial charge is 0.481 e. The Hall–Kier alpha value is -1.18. The van der Waals surface area contributed by atoms with E-state index in [0.29, 0.717) is 12.8 Å². The molecule has 1 unspecified atom stereocenters. The summed E-state index contributed by atoms with van der Waals surface area (Å²) in [5, 5.41) is 25.5. The van der Waals surface area contributed by atoms with E-state index in [-0.39, 0.29) is 19.4 Å². The smallest absolute Gasteiger partial charge is 0.342 e. The fourth-order valence-electron chi connectivity index (χ4n) is 0.818. The Morgan fingerprint density at radius 2 is 1.81 bits per heavy atom. The monoisotopic (exact) mass is 236 g/mol. The third-order valence-electron chi connectivity index (χ3n) is 1.64. The molecule has 0 saturated carbocycles. The molecule has 0 aliphatic heterocycles. The summed E-state index contributed by atoms with van der Waals surface area (Å²) in [5.74, 6) is -1.54. The molecule has 0 radical (unpaired) electrons. The van der Waals surface area contributed by atoms with E-state index >= 15 is 0 Å². The first-order valence-corrected chi connectivity index (χ1v) is 4.89. The Bertz CT molecular complexity index is 216. The third kappa shape index (κ3) is 9.38. The fraction of sp³-hybridized carbons (Fsp3) is 0.778. The van der Waals surface area contributed by atoms with Gasteiger partial charge < -0.3 is 15.3 Å². The molecule has 0 aliphatic carbocycles. The number of aliphatic hydroxyl groups excluding tert-OH is 2. The van der Waals surface area contributed by atoms with Crippen molar-refractivity contribution in [2.24, 2.45) is 0 Å². The lowest BCUT2D eigenvalue weighted by atomic mass is 10.2. The summed E-state index contributed by atoms with van der Waals surface area (Å²) in [6, 6.07) is 0. The Morgan fingerprint density at radius 1 is 1.19 bits per heavy atom. The van der Waals surface area contributed by atoms with Crippen LogP contribution in [0.25, 0.3) is 0 Å². The Kier molecular flexibility index (Phi) is 8.41. The molecule has 1 atom stereocenters. The van der Waals surface area contributed by atoms with E-state index in [1.807, 2.05) is 0 Å². The second-order valence-corrected chi connectivity index (χ2v) is 3.18. The summed E-state index contributed by atoms with van der Waals surface area (Å²) in [4.78, 5) is 29.7. The normalized spacial score (nSPS) is 12.1. The molecule has 0 heterocycles. The van der Waals surface area contributed by atoms with Gasteiger partial charge in [0, 0.05) is 12.8 Å². The van der Waals surface area contributed by atoms with Crippen LogP contribution in [-0.4, -0.2) is 46.6 Å². The van der Waals surface area contributed by atoms with Gasteiger partial charge in [0.15, 0.2) is 0 Å². The highest BCUT2D eigenvalue weighted by Gasteiger charge is 2.07. The van der Waals surface area contributed by atoms with Crippen LogP contribution in [0.1, 0.15) is 25.7 Å². The number of aliphatic carboxylic acids is 1. The van der Waals surface area contributed by atoms with Crippen molar-refractivity contribution in [3.63, 3.8) is 0 Å². The number of carbonyl (C=O) groups excluding carboxylic acids is 1. The molecule has 0 aliphatic rings. The van der Waals surface area contributed by atoms with Gasteiger partial charge in [-0.3, -0.25) is 9.68 Å². The van der Waals surface area contributed by atoms with Crippen molar-refractivity contribution < 1.29 is 34.7 Å². The Labute approximate surface area is 92.5 Å². The number of rotatable bonds is 9. The summed E-state index contributed by atoms with van der Waals surface area (Å²) in [5.41, 5.74) is 0. The van der Waals surface area contributed by atoms with Crippen LogP contribution >= 0.6 is 0 Å². The molecule has 94 valence electrons. The average Bonchev–Trinajstić information content (AvgIpc) is 2.24. The van der Waals surface area contributed by atoms with Crippen molar-refractivity contribution in [2.75, 3.05) is 13.2 Å². The van der Waals surface area contributed by atoms with Crippen LogP contribution in [0.5, 0.6) is 0 Å². The maximum Gasteiger partial charge on any atom is 0.342 e. The molecule has 0 aromatic carbocycles. The van der Waals surface area contributed by atoms with Crippen molar-refractivity contribution in [1.29, 1.82) is 0 Å². The van der Waals surface area contributed by atoms with Crippen molar-refractivity contribution in [3.05, 3.63) is 0 Å². The summed E-state index contributed by atoms with van der Waals surface area (Å²) < 4.78 is 0. The first kappa shape index (κ1) is 14.8. The van der Waals surface area contributed by atoms with Crippen molar-refractivity contribution >= 4 is 11.9 Å². The summed E-state index contributed by atoms with van der Waals surface area (Å²) in [6.45, 7) is -0.770. The van der Waals surface area contributed by atoms with Gasteiger partial charge in [0.2, 0.25) is 0 Å². The minimum Gasteiger partial charge on any atom is -0.481 e. The van der Waals surface area contributed by atoms with Crippen molar-refractivity contribution in [2.45, 2.75) is 31.8 Å². The molecule has 0 rings (SSSR count). The summed E-state index contributed by atoms with van der Waals surface area (Å²) >= 11 is 0. The Balaban J connectivity index is 3.34. The maximum atomic E-state index is 10.9. The van der Waals surface area contributed by atoms with Gasteiger partial charge in [-0.25, -0.2) is 4.79 Å². The zero-order valence-corrected chi connectivity index (χ0v) is 8.79. The lowest BCUT2D eigenvalue weighted by molar-refractivity contribution is -0.282. The molecular formula is C9H16O7. The van der Waals surface area contributed by atoms with Crippen LogP contribution in [0.4, 0.5) is 0 Å². The van der Waals surface area contributed by atoms with E-state index in [4.69, 9.17) is 15.3 Å². The first-order chi connectivity index (χ1) is 7.56. The standard InChI is InChI=1S/C9H16O7/c10-5-7(11)6-15-16-9(14)4-2-1-3-8(12)13/h7,10-11H,1-6H2,(H,12,13). The second-order valence-electron chi connectivity index (χ2n) is 3.18. The van der Waals surface area contributed by atoms with Gasteiger partial charge in [0.05, 0.1) is 6.61 Å². The van der Waals surface area contributed by atoms with Gasteiger partial charge in [-0.05, 0) is 12.8 Å². The van der Waals surface area contributed by atoms with Gasteiger partial charge in [-0.2, -0.15) is 4.89 Å². The Morgan fingerprint density at radius 3 is 2.38 bits per heavy atom. The van der Waals surface area contributed by atoms with Gasteiger partial charge in [0.1, 0.15) is 12.7 Å². The number of carbonyl (C=O) groups is 2. The van der Waals surface area contributed by atoms with E-state index < -0.39 is 24.6 Å². The minimum absolute atomic E-state index is 0.0113. The molecule has 0 bridgehead atoms. The zero-order chi connectivity index (χ0) is 12.4. The highest BCUT2D eigenvalue weighted by molar-refractivity contribution is 5.69. The molecule has 0 aromatic heterocycles. The zero-order valence-electron chi connectivity index (χ0n) is 8.79. The number of unbranched alkanes of at least 4 members (excludes halogenated alkanes) is 1. The van der Waals surface area contributed by atoms with Crippen LogP contribution in [-0.2, 0) is 19.4 Å². The molecule has 3 N–H and O–H groups in total.